The molecule has 2 aromatic rings. The normalized spacial score (nSPS) is 13.1. The average molecular weight is 262 g/mol. The van der Waals surface area contributed by atoms with Gasteiger partial charge in [0.15, 0.2) is 0 Å². The number of fused-ring (bicyclic) bond motifs is 1. The van der Waals surface area contributed by atoms with Gasteiger partial charge in [-0.1, -0.05) is 13.8 Å². The molecule has 0 amide bonds. The second-order valence-corrected chi connectivity index (χ2v) is 5.03. The van der Waals surface area contributed by atoms with Crippen molar-refractivity contribution in [2.24, 2.45) is 5.92 Å². The SMILES string of the molecule is Cc1nc2cc(C(=O)O)ccc2n1[C@@H](CO)C(C)C. The number of benzene rings is 1. The van der Waals surface area contributed by atoms with E-state index in [0.29, 0.717) is 5.52 Å². The third kappa shape index (κ3) is 2.33. The van der Waals surface area contributed by atoms with Crippen LogP contribution < -0.4 is 0 Å². The molecule has 0 aliphatic carbocycles. The third-order valence-corrected chi connectivity index (χ3v) is 3.40. The number of hydrogen-bond acceptors (Lipinski definition) is 3. The Morgan fingerprint density at radius 2 is 2.11 bits per heavy atom. The van der Waals surface area contributed by atoms with E-state index < -0.39 is 5.97 Å². The number of carbonyl (C=O) groups is 1. The zero-order chi connectivity index (χ0) is 14.2. The fourth-order valence-corrected chi connectivity index (χ4v) is 2.36. The second kappa shape index (κ2) is 5.01. The van der Waals surface area contributed by atoms with E-state index in [0.717, 1.165) is 11.3 Å². The molecule has 102 valence electrons. The lowest BCUT2D eigenvalue weighted by Gasteiger charge is -2.22. The van der Waals surface area contributed by atoms with Gasteiger partial charge in [-0.2, -0.15) is 0 Å². The lowest BCUT2D eigenvalue weighted by molar-refractivity contribution is 0.0697. The molecule has 1 aromatic carbocycles. The van der Waals surface area contributed by atoms with Crippen molar-refractivity contribution >= 4 is 17.0 Å². The first kappa shape index (κ1) is 13.5. The van der Waals surface area contributed by atoms with Crippen LogP contribution in [0.2, 0.25) is 0 Å². The molecule has 0 radical (unpaired) electrons. The molecule has 2 rings (SSSR count). The van der Waals surface area contributed by atoms with Crippen molar-refractivity contribution in [3.63, 3.8) is 0 Å². The van der Waals surface area contributed by atoms with Crippen molar-refractivity contribution in [3.8, 4) is 0 Å². The lowest BCUT2D eigenvalue weighted by Crippen LogP contribution is -2.20. The van der Waals surface area contributed by atoms with E-state index in [4.69, 9.17) is 5.11 Å². The first-order chi connectivity index (χ1) is 8.95. The minimum atomic E-state index is -0.961. The van der Waals surface area contributed by atoms with Gasteiger partial charge in [0, 0.05) is 0 Å². The zero-order valence-electron chi connectivity index (χ0n) is 11.3. The van der Waals surface area contributed by atoms with Crippen LogP contribution in [-0.2, 0) is 0 Å². The summed E-state index contributed by atoms with van der Waals surface area (Å²) in [7, 11) is 0. The van der Waals surface area contributed by atoms with Crippen LogP contribution >= 0.6 is 0 Å². The highest BCUT2D eigenvalue weighted by Gasteiger charge is 2.20. The van der Waals surface area contributed by atoms with Crippen LogP contribution in [0.25, 0.3) is 11.0 Å². The molecule has 19 heavy (non-hydrogen) atoms. The second-order valence-electron chi connectivity index (χ2n) is 5.03. The molecule has 5 heteroatoms. The van der Waals surface area contributed by atoms with E-state index in [1.165, 1.54) is 0 Å². The van der Waals surface area contributed by atoms with Gasteiger partial charge in [-0.3, -0.25) is 0 Å². The Morgan fingerprint density at radius 1 is 1.42 bits per heavy atom. The lowest BCUT2D eigenvalue weighted by atomic mass is 10.0. The summed E-state index contributed by atoms with van der Waals surface area (Å²) in [5.74, 6) is 0.0854. The molecule has 0 fully saturated rings. The quantitative estimate of drug-likeness (QED) is 0.886. The predicted octanol–water partition coefficient (Wildman–Crippen LogP) is 2.23. The van der Waals surface area contributed by atoms with Crippen molar-refractivity contribution in [1.29, 1.82) is 0 Å². The molecule has 0 spiro atoms. The summed E-state index contributed by atoms with van der Waals surface area (Å²) in [5.41, 5.74) is 1.73. The van der Waals surface area contributed by atoms with E-state index in [1.54, 1.807) is 18.2 Å². The minimum Gasteiger partial charge on any atom is -0.478 e. The fraction of sp³-hybridized carbons (Fsp3) is 0.429. The molecule has 0 unspecified atom stereocenters. The van der Waals surface area contributed by atoms with E-state index in [9.17, 15) is 9.90 Å². The number of carboxylic acids is 1. The largest absolute Gasteiger partial charge is 0.478 e. The van der Waals surface area contributed by atoms with Crippen molar-refractivity contribution in [2.75, 3.05) is 6.61 Å². The van der Waals surface area contributed by atoms with Crippen molar-refractivity contribution in [3.05, 3.63) is 29.6 Å². The van der Waals surface area contributed by atoms with Gasteiger partial charge in [0.05, 0.1) is 29.2 Å². The number of aliphatic hydroxyl groups is 1. The Kier molecular flexibility index (Phi) is 3.57. The molecule has 0 saturated carbocycles. The number of aromatic carboxylic acids is 1. The van der Waals surface area contributed by atoms with Gasteiger partial charge in [-0.25, -0.2) is 9.78 Å². The third-order valence-electron chi connectivity index (χ3n) is 3.40. The first-order valence-electron chi connectivity index (χ1n) is 6.28. The van der Waals surface area contributed by atoms with Gasteiger partial charge in [0.25, 0.3) is 0 Å². The molecule has 1 heterocycles. The Balaban J connectivity index is 2.62. The summed E-state index contributed by atoms with van der Waals surface area (Å²) in [4.78, 5) is 15.4. The summed E-state index contributed by atoms with van der Waals surface area (Å²) in [6.07, 6.45) is 0. The first-order valence-corrected chi connectivity index (χ1v) is 6.28. The highest BCUT2D eigenvalue weighted by Crippen LogP contribution is 2.26. The van der Waals surface area contributed by atoms with Crippen molar-refractivity contribution in [1.82, 2.24) is 9.55 Å². The van der Waals surface area contributed by atoms with Gasteiger partial charge < -0.3 is 14.8 Å². The maximum Gasteiger partial charge on any atom is 0.335 e. The van der Waals surface area contributed by atoms with E-state index in [1.807, 2.05) is 25.3 Å². The highest BCUT2D eigenvalue weighted by atomic mass is 16.4. The molecule has 5 nitrogen and oxygen atoms in total. The average Bonchev–Trinajstić information content (AvgIpc) is 2.66. The molecule has 1 aromatic heterocycles. The van der Waals surface area contributed by atoms with Crippen LogP contribution in [0.15, 0.2) is 18.2 Å². The Labute approximate surface area is 111 Å². The predicted molar refractivity (Wildman–Crippen MR) is 72.4 cm³/mol. The van der Waals surface area contributed by atoms with Crippen LogP contribution in [0.3, 0.4) is 0 Å². The van der Waals surface area contributed by atoms with Crippen molar-refractivity contribution < 1.29 is 15.0 Å². The number of carboxylic acid groups (broad SMARTS) is 1. The van der Waals surface area contributed by atoms with Crippen LogP contribution in [0.1, 0.15) is 36.1 Å². The summed E-state index contributed by atoms with van der Waals surface area (Å²) in [6, 6.07) is 4.83. The van der Waals surface area contributed by atoms with Crippen LogP contribution in [0.5, 0.6) is 0 Å². The number of rotatable bonds is 4. The van der Waals surface area contributed by atoms with E-state index in [2.05, 4.69) is 4.98 Å². The topological polar surface area (TPSA) is 75.3 Å². The van der Waals surface area contributed by atoms with Crippen molar-refractivity contribution in [2.45, 2.75) is 26.8 Å². The molecule has 2 N–H and O–H groups in total. The Hall–Kier alpha value is -1.88. The molecular formula is C14H18N2O3. The molecule has 1 atom stereocenters. The maximum atomic E-state index is 11.0. The highest BCUT2D eigenvalue weighted by molar-refractivity contribution is 5.92. The molecule has 0 bridgehead atoms. The van der Waals surface area contributed by atoms with E-state index in [-0.39, 0.29) is 24.1 Å². The number of imidazole rings is 1. The Bertz CT molecular complexity index is 616. The zero-order valence-corrected chi connectivity index (χ0v) is 11.3. The molecule has 0 aliphatic heterocycles. The van der Waals surface area contributed by atoms with Gasteiger partial charge in [0.1, 0.15) is 5.82 Å². The van der Waals surface area contributed by atoms with Gasteiger partial charge in [-0.05, 0) is 31.0 Å². The number of aryl methyl sites for hydroxylation is 1. The number of aliphatic hydroxyl groups excluding tert-OH is 1. The van der Waals surface area contributed by atoms with Gasteiger partial charge >= 0.3 is 5.97 Å². The molecule has 0 aliphatic rings. The number of aromatic nitrogens is 2. The van der Waals surface area contributed by atoms with Gasteiger partial charge in [0.2, 0.25) is 0 Å². The molecular weight excluding hydrogens is 244 g/mol. The minimum absolute atomic E-state index is 0.0324. The van der Waals surface area contributed by atoms with Crippen LogP contribution in [-0.4, -0.2) is 32.3 Å². The monoisotopic (exact) mass is 262 g/mol. The molecule has 0 saturated heterocycles. The maximum absolute atomic E-state index is 11.0. The summed E-state index contributed by atoms with van der Waals surface area (Å²) in [6.45, 7) is 5.98. The summed E-state index contributed by atoms with van der Waals surface area (Å²) < 4.78 is 1.98. The van der Waals surface area contributed by atoms with Crippen LogP contribution in [0.4, 0.5) is 0 Å². The standard InChI is InChI=1S/C14H18N2O3/c1-8(2)13(7-17)16-9(3)15-11-6-10(14(18)19)4-5-12(11)16/h4-6,8,13,17H,7H2,1-3H3,(H,18,19)/t13-/m0/s1. The summed E-state index contributed by atoms with van der Waals surface area (Å²) >= 11 is 0. The number of nitrogens with zero attached hydrogens (tertiary/aromatic N) is 2. The Morgan fingerprint density at radius 3 is 2.63 bits per heavy atom. The van der Waals surface area contributed by atoms with Gasteiger partial charge in [-0.15, -0.1) is 0 Å². The fourth-order valence-electron chi connectivity index (χ4n) is 2.36. The summed E-state index contributed by atoms with van der Waals surface area (Å²) in [5, 5.41) is 18.5. The number of hydrogen-bond donors (Lipinski definition) is 2. The van der Waals surface area contributed by atoms with Crippen LogP contribution in [0, 0.1) is 12.8 Å². The van der Waals surface area contributed by atoms with E-state index >= 15 is 0 Å². The smallest absolute Gasteiger partial charge is 0.335 e.